The third kappa shape index (κ3) is 1.68. The van der Waals surface area contributed by atoms with Crippen LogP contribution in [0.5, 0.6) is 0 Å². The van der Waals surface area contributed by atoms with Gasteiger partial charge in [-0.2, -0.15) is 45.3 Å². The molecule has 0 aliphatic rings. The Kier molecular flexibility index (Phi) is 2.72. The summed E-state index contributed by atoms with van der Waals surface area (Å²) in [5.41, 5.74) is 10.1. The molecule has 5 aromatic carbocycles. The molecule has 8 heterocycles. The number of H-pyrrole nitrogens is 4. The van der Waals surface area contributed by atoms with E-state index >= 15 is 0 Å². The molecule has 0 aliphatic carbocycles. The van der Waals surface area contributed by atoms with E-state index in [1.54, 1.807) is 45.3 Å². The predicted molar refractivity (Wildman–Crippen MR) is 179 cm³/mol. The molecule has 0 bridgehead atoms. The van der Waals surface area contributed by atoms with Crippen molar-refractivity contribution in [2.75, 3.05) is 0 Å². The second kappa shape index (κ2) is 5.70. The Bertz CT molecular complexity index is 2540. The first kappa shape index (κ1) is 19.1. The van der Waals surface area contributed by atoms with Crippen LogP contribution in [0.2, 0.25) is 0 Å². The van der Waals surface area contributed by atoms with Gasteiger partial charge in [0.05, 0.1) is 44.1 Å². The van der Waals surface area contributed by atoms with Crippen molar-refractivity contribution in [1.29, 1.82) is 0 Å². The summed E-state index contributed by atoms with van der Waals surface area (Å²) in [6.45, 7) is 0. The van der Waals surface area contributed by atoms with Gasteiger partial charge < -0.3 is 19.9 Å². The van der Waals surface area contributed by atoms with Crippen LogP contribution in [0.15, 0.2) is 43.0 Å². The zero-order valence-corrected chi connectivity index (χ0v) is 23.5. The van der Waals surface area contributed by atoms with Crippen LogP contribution in [0.4, 0.5) is 0 Å². The van der Waals surface area contributed by atoms with Gasteiger partial charge in [-0.05, 0) is 0 Å². The van der Waals surface area contributed by atoms with Crippen LogP contribution < -0.4 is 0 Å². The molecular weight excluding hydrogens is 569 g/mol. The van der Waals surface area contributed by atoms with Crippen LogP contribution in [0, 0.1) is 0 Å². The number of thiophene rings is 4. The Morgan fingerprint density at radius 3 is 0.550 bits per heavy atom. The molecule has 0 radical (unpaired) electrons. The molecule has 0 saturated carbocycles. The highest BCUT2D eigenvalue weighted by atomic mass is 32.1. The van der Waals surface area contributed by atoms with E-state index in [0.717, 1.165) is 0 Å². The Labute approximate surface area is 237 Å². The SMILES string of the molecule is c1scc2c1c1[nH]c3c4cscc4c4[nH]c5c6cscc6c6[nH]c7c8cscc8c8[nH]c2c2c1c3c4c5c6c7c82. The van der Waals surface area contributed by atoms with Gasteiger partial charge in [-0.1, -0.05) is 0 Å². The van der Waals surface area contributed by atoms with Crippen molar-refractivity contribution < 1.29 is 0 Å². The van der Waals surface area contributed by atoms with Gasteiger partial charge in [0.2, 0.25) is 0 Å². The maximum atomic E-state index is 4.02. The number of hydrogen-bond donors (Lipinski definition) is 4. The molecule has 0 aliphatic heterocycles. The van der Waals surface area contributed by atoms with Crippen molar-refractivity contribution in [3.8, 4) is 0 Å². The first-order chi connectivity index (χ1) is 19.9. The molecule has 0 fully saturated rings. The largest absolute Gasteiger partial charge is 0.353 e. The summed E-state index contributed by atoms with van der Waals surface area (Å²) in [5.74, 6) is 0. The van der Waals surface area contributed by atoms with Crippen molar-refractivity contribution >= 4 is 176 Å². The third-order valence-corrected chi connectivity index (χ3v) is 12.8. The fourth-order valence-electron chi connectivity index (χ4n) is 8.35. The number of benzene rings is 4. The maximum absolute atomic E-state index is 4.02. The molecule has 4 nitrogen and oxygen atoms in total. The van der Waals surface area contributed by atoms with Gasteiger partial charge in [-0.3, -0.25) is 0 Å². The molecule has 8 aromatic heterocycles. The van der Waals surface area contributed by atoms with Crippen LogP contribution in [0.25, 0.3) is 130 Å². The van der Waals surface area contributed by atoms with E-state index in [9.17, 15) is 0 Å². The van der Waals surface area contributed by atoms with Gasteiger partial charge in [-0.25, -0.2) is 0 Å². The van der Waals surface area contributed by atoms with E-state index in [2.05, 4.69) is 63.0 Å². The predicted octanol–water partition coefficient (Wildman–Crippen LogP) is 11.4. The number of rotatable bonds is 0. The summed E-state index contributed by atoms with van der Waals surface area (Å²) in [6, 6.07) is 0. The lowest BCUT2D eigenvalue weighted by Crippen LogP contribution is -1.81. The zero-order valence-electron chi connectivity index (χ0n) is 20.3. The number of aromatic nitrogens is 4. The van der Waals surface area contributed by atoms with Crippen molar-refractivity contribution in [2.45, 2.75) is 0 Å². The molecule has 0 spiro atoms. The molecule has 40 heavy (non-hydrogen) atoms. The van der Waals surface area contributed by atoms with E-state index in [4.69, 9.17) is 0 Å². The van der Waals surface area contributed by atoms with Gasteiger partial charge in [-0.15, -0.1) is 0 Å². The molecule has 8 heteroatoms. The summed E-state index contributed by atoms with van der Waals surface area (Å²) >= 11 is 7.18. The first-order valence-corrected chi connectivity index (χ1v) is 17.0. The monoisotopic (exact) mass is 580 g/mol. The van der Waals surface area contributed by atoms with E-state index in [1.165, 1.54) is 130 Å². The molecule has 0 saturated heterocycles. The first-order valence-electron chi connectivity index (χ1n) is 13.2. The van der Waals surface area contributed by atoms with Gasteiger partial charge in [0, 0.05) is 129 Å². The number of hydrogen-bond acceptors (Lipinski definition) is 4. The van der Waals surface area contributed by atoms with Crippen LogP contribution in [-0.4, -0.2) is 19.9 Å². The minimum Gasteiger partial charge on any atom is -0.353 e. The highest BCUT2D eigenvalue weighted by molar-refractivity contribution is 7.10. The summed E-state index contributed by atoms with van der Waals surface area (Å²) in [5, 5.41) is 40.0. The number of fused-ring (bicyclic) bond motifs is 12. The Morgan fingerprint density at radius 1 is 0.250 bits per heavy atom. The van der Waals surface area contributed by atoms with Crippen molar-refractivity contribution in [1.82, 2.24) is 19.9 Å². The fourth-order valence-corrected chi connectivity index (χ4v) is 11.7. The minimum absolute atomic E-state index is 1.26. The molecule has 0 atom stereocenters. The number of nitrogens with one attached hydrogen (secondary N) is 4. The zero-order chi connectivity index (χ0) is 25.2. The average Bonchev–Trinajstić information content (AvgIpc) is 3.78. The second-order valence-electron chi connectivity index (χ2n) is 11.3. The Hall–Kier alpha value is -4.08. The molecule has 4 N–H and O–H groups in total. The van der Waals surface area contributed by atoms with E-state index < -0.39 is 0 Å². The highest BCUT2D eigenvalue weighted by Gasteiger charge is 2.30. The highest BCUT2D eigenvalue weighted by Crippen LogP contribution is 2.56. The van der Waals surface area contributed by atoms with Crippen LogP contribution in [-0.2, 0) is 0 Å². The molecule has 13 aromatic rings. The quantitative estimate of drug-likeness (QED) is 0.138. The topological polar surface area (TPSA) is 63.2 Å². The molecular formula is C32H12N4S4. The normalized spacial score (nSPS) is 14.0. The van der Waals surface area contributed by atoms with E-state index in [1.807, 2.05) is 0 Å². The van der Waals surface area contributed by atoms with Crippen LogP contribution >= 0.6 is 45.3 Å². The second-order valence-corrected chi connectivity index (χ2v) is 14.3. The van der Waals surface area contributed by atoms with Crippen molar-refractivity contribution in [3.63, 3.8) is 0 Å². The number of aromatic amines is 4. The molecule has 0 unspecified atom stereocenters. The lowest BCUT2D eigenvalue weighted by Gasteiger charge is -2.08. The lowest BCUT2D eigenvalue weighted by atomic mass is 9.91. The molecule has 0 amide bonds. The summed E-state index contributed by atoms with van der Waals surface area (Å²) < 4.78 is 0. The molecule has 184 valence electrons. The summed E-state index contributed by atoms with van der Waals surface area (Å²) in [7, 11) is 0. The molecule has 13 rings (SSSR count). The Morgan fingerprint density at radius 2 is 0.400 bits per heavy atom. The van der Waals surface area contributed by atoms with Gasteiger partial charge >= 0.3 is 0 Å². The smallest absolute Gasteiger partial charge is 0.0561 e. The standard InChI is InChI=1S/C32H12N4S4/c1-9-10(2-37-1)26-18-17-19-21-23-24-22-20(18)28(34-26)13-5-39-6-14(13)30(22)36-32(24)16-8-40-7-15(16)31(23)35-29(21)12-4-38-3-11(12)27(19)33-25(9)17/h1-8,33-36H. The third-order valence-electron chi connectivity index (χ3n) is 9.80. The average molecular weight is 581 g/mol. The fraction of sp³-hybridized carbons (Fsp3) is 0. The summed E-state index contributed by atoms with van der Waals surface area (Å²) in [4.78, 5) is 16.1. The van der Waals surface area contributed by atoms with Crippen LogP contribution in [0.3, 0.4) is 0 Å². The van der Waals surface area contributed by atoms with Gasteiger partial charge in [0.1, 0.15) is 0 Å². The lowest BCUT2D eigenvalue weighted by molar-refractivity contribution is 1.57. The van der Waals surface area contributed by atoms with Crippen LogP contribution in [0.1, 0.15) is 0 Å². The van der Waals surface area contributed by atoms with Crippen molar-refractivity contribution in [3.05, 3.63) is 43.0 Å². The minimum atomic E-state index is 1.26. The van der Waals surface area contributed by atoms with Gasteiger partial charge in [0.15, 0.2) is 0 Å². The Balaban J connectivity index is 1.62. The van der Waals surface area contributed by atoms with E-state index in [-0.39, 0.29) is 0 Å². The maximum Gasteiger partial charge on any atom is 0.0561 e. The van der Waals surface area contributed by atoms with Gasteiger partial charge in [0.25, 0.3) is 0 Å². The summed E-state index contributed by atoms with van der Waals surface area (Å²) in [6.07, 6.45) is 0. The van der Waals surface area contributed by atoms with Crippen molar-refractivity contribution in [2.24, 2.45) is 0 Å². The van der Waals surface area contributed by atoms with E-state index in [0.29, 0.717) is 0 Å².